The molecule has 0 aliphatic carbocycles. The van der Waals surface area contributed by atoms with Gasteiger partial charge in [0.2, 0.25) is 11.1 Å². The lowest BCUT2D eigenvalue weighted by atomic mass is 10.1. The van der Waals surface area contributed by atoms with Crippen molar-refractivity contribution in [2.45, 2.75) is 17.3 Å². The highest BCUT2D eigenvalue weighted by molar-refractivity contribution is 8.00. The van der Waals surface area contributed by atoms with E-state index in [0.29, 0.717) is 10.8 Å². The van der Waals surface area contributed by atoms with Crippen LogP contribution < -0.4 is 11.2 Å². The number of nitrogen functional groups attached to an aromatic ring is 1. The van der Waals surface area contributed by atoms with Crippen LogP contribution in [0.15, 0.2) is 71.9 Å². The van der Waals surface area contributed by atoms with Crippen LogP contribution >= 0.6 is 11.8 Å². The van der Waals surface area contributed by atoms with Crippen LogP contribution in [0.2, 0.25) is 0 Å². The van der Waals surface area contributed by atoms with Crippen molar-refractivity contribution >= 4 is 34.1 Å². The fourth-order valence-corrected chi connectivity index (χ4v) is 3.68. The molecule has 4 rings (SSSR count). The van der Waals surface area contributed by atoms with Gasteiger partial charge in [0.25, 0.3) is 0 Å². The molecule has 0 aliphatic heterocycles. The topological polar surface area (TPSA) is 85.8 Å². The SMILES string of the molecule is C[C@H](Sc1nnc(-c2ccccc2F)n1N)C(=O)Nc1ccc2ccccc2c1. The number of rotatable bonds is 5. The van der Waals surface area contributed by atoms with E-state index in [0.717, 1.165) is 22.5 Å². The van der Waals surface area contributed by atoms with E-state index >= 15 is 0 Å². The van der Waals surface area contributed by atoms with Gasteiger partial charge in [-0.05, 0) is 42.0 Å². The lowest BCUT2D eigenvalue weighted by Crippen LogP contribution is -2.23. The molecule has 4 aromatic rings. The van der Waals surface area contributed by atoms with Gasteiger partial charge in [0.1, 0.15) is 5.82 Å². The number of nitrogens with zero attached hydrogens (tertiary/aromatic N) is 3. The quantitative estimate of drug-likeness (QED) is 0.385. The van der Waals surface area contributed by atoms with Crippen molar-refractivity contribution in [1.29, 1.82) is 0 Å². The zero-order chi connectivity index (χ0) is 20.4. The molecular formula is C21H18FN5OS. The molecule has 0 spiro atoms. The van der Waals surface area contributed by atoms with E-state index in [4.69, 9.17) is 5.84 Å². The molecule has 3 aromatic carbocycles. The number of nitrogens with two attached hydrogens (primary N) is 1. The standard InChI is InChI=1S/C21H18FN5OS/c1-13(20(28)24-16-11-10-14-6-2-3-7-15(14)12-16)29-21-26-25-19(27(21)23)17-8-4-5-9-18(17)22/h2-13H,23H2,1H3,(H,24,28)/t13-/m0/s1. The summed E-state index contributed by atoms with van der Waals surface area (Å²) in [7, 11) is 0. The largest absolute Gasteiger partial charge is 0.335 e. The fraction of sp³-hybridized carbons (Fsp3) is 0.0952. The fourth-order valence-electron chi connectivity index (χ4n) is 2.91. The minimum atomic E-state index is -0.485. The highest BCUT2D eigenvalue weighted by Gasteiger charge is 2.21. The van der Waals surface area contributed by atoms with E-state index in [1.165, 1.54) is 10.7 Å². The number of halogens is 1. The maximum absolute atomic E-state index is 14.0. The lowest BCUT2D eigenvalue weighted by molar-refractivity contribution is -0.115. The Hall–Kier alpha value is -3.39. The second-order valence-electron chi connectivity index (χ2n) is 6.47. The van der Waals surface area contributed by atoms with Gasteiger partial charge in [-0.1, -0.05) is 54.2 Å². The maximum atomic E-state index is 14.0. The number of benzene rings is 3. The minimum Gasteiger partial charge on any atom is -0.335 e. The summed E-state index contributed by atoms with van der Waals surface area (Å²) >= 11 is 1.15. The maximum Gasteiger partial charge on any atom is 0.237 e. The normalized spacial score (nSPS) is 12.1. The second kappa shape index (κ2) is 7.92. The second-order valence-corrected chi connectivity index (χ2v) is 7.78. The lowest BCUT2D eigenvalue weighted by Gasteiger charge is -2.12. The van der Waals surface area contributed by atoms with E-state index in [1.807, 2.05) is 42.5 Å². The zero-order valence-corrected chi connectivity index (χ0v) is 16.4. The van der Waals surface area contributed by atoms with Crippen molar-refractivity contribution in [2.75, 3.05) is 11.2 Å². The summed E-state index contributed by atoms with van der Waals surface area (Å²) in [5, 5.41) is 12.9. The molecule has 0 aliphatic rings. The minimum absolute atomic E-state index is 0.194. The number of hydrogen-bond donors (Lipinski definition) is 2. The smallest absolute Gasteiger partial charge is 0.237 e. The van der Waals surface area contributed by atoms with Crippen LogP contribution in [0.4, 0.5) is 10.1 Å². The molecule has 8 heteroatoms. The first kappa shape index (κ1) is 18.9. The van der Waals surface area contributed by atoms with E-state index in [9.17, 15) is 9.18 Å². The predicted molar refractivity (Wildman–Crippen MR) is 113 cm³/mol. The van der Waals surface area contributed by atoms with Crippen LogP contribution in [0.25, 0.3) is 22.2 Å². The molecule has 0 saturated carbocycles. The summed E-state index contributed by atoms with van der Waals surface area (Å²) in [6.45, 7) is 1.75. The predicted octanol–water partition coefficient (Wildman–Crippen LogP) is 4.07. The highest BCUT2D eigenvalue weighted by Crippen LogP contribution is 2.27. The number of anilines is 1. The molecule has 29 heavy (non-hydrogen) atoms. The Morgan fingerprint density at radius 1 is 1.07 bits per heavy atom. The Bertz CT molecular complexity index is 1190. The van der Waals surface area contributed by atoms with Crippen LogP contribution in [0.1, 0.15) is 6.92 Å². The molecule has 0 saturated heterocycles. The first-order valence-electron chi connectivity index (χ1n) is 8.94. The van der Waals surface area contributed by atoms with Gasteiger partial charge in [-0.15, -0.1) is 10.2 Å². The monoisotopic (exact) mass is 407 g/mol. The van der Waals surface area contributed by atoms with Crippen LogP contribution in [0.5, 0.6) is 0 Å². The van der Waals surface area contributed by atoms with Crippen molar-refractivity contribution in [2.24, 2.45) is 0 Å². The van der Waals surface area contributed by atoms with Crippen LogP contribution in [0, 0.1) is 5.82 Å². The van der Waals surface area contributed by atoms with Crippen molar-refractivity contribution < 1.29 is 9.18 Å². The molecule has 0 radical (unpaired) electrons. The molecule has 1 aromatic heterocycles. The van der Waals surface area contributed by atoms with Crippen LogP contribution in [-0.4, -0.2) is 26.0 Å². The summed E-state index contributed by atoms with van der Waals surface area (Å²) in [4.78, 5) is 12.6. The van der Waals surface area contributed by atoms with E-state index in [2.05, 4.69) is 15.5 Å². The highest BCUT2D eigenvalue weighted by atomic mass is 32.2. The Morgan fingerprint density at radius 3 is 2.59 bits per heavy atom. The Kier molecular flexibility index (Phi) is 5.18. The molecular weight excluding hydrogens is 389 g/mol. The van der Waals surface area contributed by atoms with Gasteiger partial charge in [0, 0.05) is 5.69 Å². The zero-order valence-electron chi connectivity index (χ0n) is 15.5. The van der Waals surface area contributed by atoms with Gasteiger partial charge in [0.15, 0.2) is 5.82 Å². The average molecular weight is 407 g/mol. The van der Waals surface area contributed by atoms with Gasteiger partial charge in [0.05, 0.1) is 10.8 Å². The third kappa shape index (κ3) is 3.93. The Morgan fingerprint density at radius 2 is 1.79 bits per heavy atom. The molecule has 0 bridgehead atoms. The summed E-state index contributed by atoms with van der Waals surface area (Å²) in [5.41, 5.74) is 0.963. The van der Waals surface area contributed by atoms with Gasteiger partial charge in [-0.2, -0.15) is 0 Å². The molecule has 0 unspecified atom stereocenters. The van der Waals surface area contributed by atoms with Crippen molar-refractivity contribution in [3.05, 3.63) is 72.5 Å². The van der Waals surface area contributed by atoms with Crippen LogP contribution in [-0.2, 0) is 4.79 Å². The van der Waals surface area contributed by atoms with Crippen LogP contribution in [0.3, 0.4) is 0 Å². The van der Waals surface area contributed by atoms with Gasteiger partial charge in [-0.25, -0.2) is 9.07 Å². The average Bonchev–Trinajstić information content (AvgIpc) is 3.08. The number of aromatic nitrogens is 3. The molecule has 1 atom stereocenters. The number of hydrogen-bond acceptors (Lipinski definition) is 5. The summed E-state index contributed by atoms with van der Waals surface area (Å²) in [5.74, 6) is 5.61. The van der Waals surface area contributed by atoms with E-state index in [1.54, 1.807) is 25.1 Å². The summed E-state index contributed by atoms with van der Waals surface area (Å²) in [6, 6.07) is 19.9. The molecule has 3 N–H and O–H groups in total. The van der Waals surface area contributed by atoms with Crippen molar-refractivity contribution in [1.82, 2.24) is 14.9 Å². The van der Waals surface area contributed by atoms with E-state index < -0.39 is 11.1 Å². The van der Waals surface area contributed by atoms with Crippen molar-refractivity contribution in [3.63, 3.8) is 0 Å². The molecule has 1 heterocycles. The number of fused-ring (bicyclic) bond motifs is 1. The first-order chi connectivity index (χ1) is 14.0. The number of amides is 1. The summed E-state index contributed by atoms with van der Waals surface area (Å²) < 4.78 is 15.2. The summed E-state index contributed by atoms with van der Waals surface area (Å²) in [6.07, 6.45) is 0. The van der Waals surface area contributed by atoms with Gasteiger partial charge in [-0.3, -0.25) is 4.79 Å². The number of nitrogens with one attached hydrogen (secondary N) is 1. The Balaban J connectivity index is 1.48. The molecule has 1 amide bonds. The number of carbonyl (C=O) groups excluding carboxylic acids is 1. The first-order valence-corrected chi connectivity index (χ1v) is 9.82. The van der Waals surface area contributed by atoms with E-state index in [-0.39, 0.29) is 17.3 Å². The van der Waals surface area contributed by atoms with Gasteiger partial charge < -0.3 is 11.2 Å². The van der Waals surface area contributed by atoms with Crippen molar-refractivity contribution in [3.8, 4) is 11.4 Å². The third-order valence-electron chi connectivity index (χ3n) is 4.45. The number of carbonyl (C=O) groups is 1. The third-order valence-corrected chi connectivity index (χ3v) is 5.50. The molecule has 0 fully saturated rings. The van der Waals surface area contributed by atoms with Gasteiger partial charge >= 0.3 is 0 Å². The molecule has 146 valence electrons. The Labute approximate surface area is 170 Å². The molecule has 6 nitrogen and oxygen atoms in total. The number of thioether (sulfide) groups is 1.